The van der Waals surface area contributed by atoms with Gasteiger partial charge in [-0.15, -0.1) is 0 Å². The number of rotatable bonds is 3. The molecule has 0 unspecified atom stereocenters. The van der Waals surface area contributed by atoms with Crippen molar-refractivity contribution < 1.29 is 4.79 Å². The predicted octanol–water partition coefficient (Wildman–Crippen LogP) is 5.52. The average Bonchev–Trinajstić information content (AvgIpc) is 2.27. The van der Waals surface area contributed by atoms with E-state index in [1.165, 1.54) is 11.8 Å². The first kappa shape index (κ1) is 13.8. The molecule has 0 aromatic heterocycles. The van der Waals surface area contributed by atoms with E-state index >= 15 is 0 Å². The molecule has 0 spiro atoms. The van der Waals surface area contributed by atoms with Crippen molar-refractivity contribution in [1.82, 2.24) is 0 Å². The molecular weight excluding hydrogens is 311 g/mol. The highest BCUT2D eigenvalue weighted by Gasteiger charge is 2.10. The van der Waals surface area contributed by atoms with Crippen LogP contribution in [-0.2, 0) is 0 Å². The Bertz CT molecular complexity index is 578. The molecule has 0 heterocycles. The largest absolute Gasteiger partial charge is 0.276 e. The van der Waals surface area contributed by atoms with Crippen molar-refractivity contribution in [2.45, 2.75) is 9.79 Å². The molecule has 0 N–H and O–H groups in total. The van der Waals surface area contributed by atoms with Crippen LogP contribution in [-0.4, -0.2) is 5.24 Å². The van der Waals surface area contributed by atoms with Crippen LogP contribution in [0.2, 0.25) is 10.0 Å². The molecule has 0 atom stereocenters. The lowest BCUT2D eigenvalue weighted by atomic mass is 10.2. The summed E-state index contributed by atoms with van der Waals surface area (Å²) in [4.78, 5) is 12.9. The van der Waals surface area contributed by atoms with Crippen LogP contribution in [0.15, 0.2) is 52.3 Å². The zero-order chi connectivity index (χ0) is 13.1. The van der Waals surface area contributed by atoms with E-state index in [2.05, 4.69) is 0 Å². The van der Waals surface area contributed by atoms with Crippen LogP contribution in [0.5, 0.6) is 0 Å². The Morgan fingerprint density at radius 1 is 1.00 bits per heavy atom. The van der Waals surface area contributed by atoms with Gasteiger partial charge >= 0.3 is 0 Å². The number of hydrogen-bond acceptors (Lipinski definition) is 2. The Morgan fingerprint density at radius 3 is 2.22 bits per heavy atom. The summed E-state index contributed by atoms with van der Waals surface area (Å²) in [5, 5.41) is 0.630. The summed E-state index contributed by atoms with van der Waals surface area (Å²) in [6.45, 7) is 0. The minimum absolute atomic E-state index is 0.472. The Morgan fingerprint density at radius 2 is 1.61 bits per heavy atom. The van der Waals surface area contributed by atoms with Crippen molar-refractivity contribution >= 4 is 51.8 Å². The Kier molecular flexibility index (Phi) is 4.57. The summed E-state index contributed by atoms with van der Waals surface area (Å²) in [6.07, 6.45) is 0. The number of halogens is 3. The summed E-state index contributed by atoms with van der Waals surface area (Å²) >= 11 is 18.8. The van der Waals surface area contributed by atoms with Gasteiger partial charge in [0.05, 0.1) is 0 Å². The maximum absolute atomic E-state index is 11.3. The van der Waals surface area contributed by atoms with Crippen LogP contribution in [0, 0.1) is 0 Å². The zero-order valence-electron chi connectivity index (χ0n) is 8.99. The van der Waals surface area contributed by atoms with E-state index in [9.17, 15) is 4.79 Å². The highest BCUT2D eigenvalue weighted by molar-refractivity contribution is 7.99. The first-order valence-electron chi connectivity index (χ1n) is 4.99. The molecule has 0 fully saturated rings. The number of hydrogen-bond donors (Lipinski definition) is 0. The summed E-state index contributed by atoms with van der Waals surface area (Å²) < 4.78 is 0. The molecule has 2 rings (SSSR count). The number of carbonyl (C=O) groups excluding carboxylic acids is 1. The molecule has 0 saturated heterocycles. The van der Waals surface area contributed by atoms with E-state index in [1.54, 1.807) is 30.3 Å². The van der Waals surface area contributed by atoms with Gasteiger partial charge in [-0.2, -0.15) is 0 Å². The van der Waals surface area contributed by atoms with E-state index < -0.39 is 5.24 Å². The zero-order valence-corrected chi connectivity index (χ0v) is 12.1. The van der Waals surface area contributed by atoms with Gasteiger partial charge in [0.1, 0.15) is 0 Å². The van der Waals surface area contributed by atoms with E-state index in [0.29, 0.717) is 15.6 Å². The smallest absolute Gasteiger partial charge is 0.253 e. The van der Waals surface area contributed by atoms with Gasteiger partial charge in [0.15, 0.2) is 0 Å². The van der Waals surface area contributed by atoms with Gasteiger partial charge in [0.2, 0.25) is 0 Å². The minimum Gasteiger partial charge on any atom is -0.276 e. The Balaban J connectivity index is 2.37. The molecule has 0 bridgehead atoms. The maximum Gasteiger partial charge on any atom is 0.253 e. The average molecular weight is 318 g/mol. The monoisotopic (exact) mass is 316 g/mol. The first-order valence-corrected chi connectivity index (χ1v) is 6.94. The topological polar surface area (TPSA) is 17.1 Å². The van der Waals surface area contributed by atoms with Crippen LogP contribution < -0.4 is 0 Å². The van der Waals surface area contributed by atoms with Gasteiger partial charge < -0.3 is 0 Å². The summed E-state index contributed by atoms with van der Waals surface area (Å²) in [5.74, 6) is 0. The van der Waals surface area contributed by atoms with Crippen LogP contribution in [0.25, 0.3) is 0 Å². The van der Waals surface area contributed by atoms with Gasteiger partial charge in [-0.05, 0) is 41.9 Å². The quantitative estimate of drug-likeness (QED) is 0.693. The SMILES string of the molecule is O=C(Cl)c1ccccc1Sc1cc(Cl)cc(Cl)c1. The summed E-state index contributed by atoms with van der Waals surface area (Å²) in [5.41, 5.74) is 0.472. The van der Waals surface area contributed by atoms with Crippen LogP contribution in [0.1, 0.15) is 10.4 Å². The standard InChI is InChI=1S/C13H7Cl3OS/c14-8-5-9(15)7-10(6-8)18-12-4-2-1-3-11(12)13(16)17/h1-7H. The minimum atomic E-state index is -0.480. The number of benzene rings is 2. The molecule has 1 nitrogen and oxygen atoms in total. The molecule has 2 aromatic rings. The predicted molar refractivity (Wildman–Crippen MR) is 77.2 cm³/mol. The molecule has 0 amide bonds. The van der Waals surface area contributed by atoms with Gasteiger partial charge in [0, 0.05) is 25.4 Å². The highest BCUT2D eigenvalue weighted by Crippen LogP contribution is 2.34. The summed E-state index contributed by atoms with van der Waals surface area (Å²) in [6, 6.07) is 12.4. The Hall–Kier alpha value is -0.670. The Labute approximate surface area is 124 Å². The normalized spacial score (nSPS) is 10.4. The lowest BCUT2D eigenvalue weighted by molar-refractivity contribution is 0.107. The van der Waals surface area contributed by atoms with Crippen molar-refractivity contribution in [3.63, 3.8) is 0 Å². The van der Waals surface area contributed by atoms with Crippen LogP contribution in [0.4, 0.5) is 0 Å². The fourth-order valence-electron chi connectivity index (χ4n) is 1.43. The van der Waals surface area contributed by atoms with Crippen LogP contribution in [0.3, 0.4) is 0 Å². The molecule has 0 aliphatic carbocycles. The van der Waals surface area contributed by atoms with Crippen molar-refractivity contribution in [1.29, 1.82) is 0 Å². The molecule has 92 valence electrons. The van der Waals surface area contributed by atoms with E-state index in [1.807, 2.05) is 12.1 Å². The van der Waals surface area contributed by atoms with Gasteiger partial charge in [0.25, 0.3) is 5.24 Å². The highest BCUT2D eigenvalue weighted by atomic mass is 35.5. The van der Waals surface area contributed by atoms with Crippen molar-refractivity contribution in [2.75, 3.05) is 0 Å². The molecule has 0 aliphatic rings. The van der Waals surface area contributed by atoms with Gasteiger partial charge in [-0.25, -0.2) is 0 Å². The molecule has 0 saturated carbocycles. The number of carbonyl (C=O) groups is 1. The van der Waals surface area contributed by atoms with Crippen molar-refractivity contribution in [3.05, 3.63) is 58.1 Å². The first-order chi connectivity index (χ1) is 8.56. The third-order valence-electron chi connectivity index (χ3n) is 2.16. The molecule has 0 radical (unpaired) electrons. The van der Waals surface area contributed by atoms with Crippen LogP contribution >= 0.6 is 46.6 Å². The fraction of sp³-hybridized carbons (Fsp3) is 0. The lowest BCUT2D eigenvalue weighted by Crippen LogP contribution is -1.91. The third-order valence-corrected chi connectivity index (χ3v) is 3.85. The van der Waals surface area contributed by atoms with Crippen molar-refractivity contribution in [3.8, 4) is 0 Å². The molecular formula is C13H7Cl3OS. The molecule has 2 aromatic carbocycles. The second-order valence-electron chi connectivity index (χ2n) is 3.48. The van der Waals surface area contributed by atoms with E-state index in [-0.39, 0.29) is 0 Å². The third kappa shape index (κ3) is 3.42. The second kappa shape index (κ2) is 5.98. The lowest BCUT2D eigenvalue weighted by Gasteiger charge is -2.06. The maximum atomic E-state index is 11.3. The van der Waals surface area contributed by atoms with E-state index in [0.717, 1.165) is 9.79 Å². The summed E-state index contributed by atoms with van der Waals surface area (Å²) in [7, 11) is 0. The molecule has 18 heavy (non-hydrogen) atoms. The van der Waals surface area contributed by atoms with Gasteiger partial charge in [-0.3, -0.25) is 4.79 Å². The fourth-order valence-corrected chi connectivity index (χ4v) is 3.35. The molecule has 5 heteroatoms. The second-order valence-corrected chi connectivity index (χ2v) is 5.81. The van der Waals surface area contributed by atoms with Crippen molar-refractivity contribution in [2.24, 2.45) is 0 Å². The molecule has 0 aliphatic heterocycles. The van der Waals surface area contributed by atoms with Gasteiger partial charge in [-0.1, -0.05) is 47.1 Å². The van der Waals surface area contributed by atoms with E-state index in [4.69, 9.17) is 34.8 Å².